The van der Waals surface area contributed by atoms with Crippen LogP contribution in [0.4, 0.5) is 0 Å². The molecule has 100 valence electrons. The minimum atomic E-state index is -0.812. The maximum atomic E-state index is 10.3. The van der Waals surface area contributed by atoms with E-state index in [4.69, 9.17) is 9.47 Å². The first kappa shape index (κ1) is 14.5. The molecule has 1 saturated heterocycles. The van der Waals surface area contributed by atoms with Crippen molar-refractivity contribution in [3.8, 4) is 0 Å². The average Bonchev–Trinajstić information content (AvgIpc) is 2.69. The fourth-order valence-corrected chi connectivity index (χ4v) is 1.91. The quantitative estimate of drug-likeness (QED) is 0.497. The van der Waals surface area contributed by atoms with E-state index in [9.17, 15) is 10.0 Å². The van der Waals surface area contributed by atoms with Gasteiger partial charge in [-0.15, -0.1) is 0 Å². The van der Waals surface area contributed by atoms with Crippen molar-refractivity contribution in [3.63, 3.8) is 0 Å². The van der Waals surface area contributed by atoms with Crippen molar-refractivity contribution in [2.24, 2.45) is 5.18 Å². The second kappa shape index (κ2) is 8.55. The largest absolute Gasteiger partial charge is 0.388 e. The molecule has 5 nitrogen and oxygen atoms in total. The van der Waals surface area contributed by atoms with E-state index in [2.05, 4.69) is 12.1 Å². The van der Waals surface area contributed by atoms with Crippen LogP contribution in [-0.2, 0) is 9.47 Å². The lowest BCUT2D eigenvalue weighted by Gasteiger charge is -2.14. The summed E-state index contributed by atoms with van der Waals surface area (Å²) in [6, 6.07) is -0.631. The Labute approximate surface area is 102 Å². The summed E-state index contributed by atoms with van der Waals surface area (Å²) in [5.74, 6) is 0. The molecule has 0 aliphatic carbocycles. The van der Waals surface area contributed by atoms with E-state index in [0.29, 0.717) is 13.2 Å². The molecule has 0 aromatic heterocycles. The van der Waals surface area contributed by atoms with Crippen LogP contribution in [0, 0.1) is 4.91 Å². The number of ether oxygens (including phenoxy) is 2. The molecular formula is C12H23NO4. The molecule has 0 bridgehead atoms. The van der Waals surface area contributed by atoms with Crippen molar-refractivity contribution in [3.05, 3.63) is 4.91 Å². The molecule has 0 saturated carbocycles. The van der Waals surface area contributed by atoms with Gasteiger partial charge in [-0.1, -0.05) is 37.8 Å². The average molecular weight is 245 g/mol. The smallest absolute Gasteiger partial charge is 0.144 e. The summed E-state index contributed by atoms with van der Waals surface area (Å²) >= 11 is 0. The maximum Gasteiger partial charge on any atom is 0.144 e. The standard InChI is InChI=1S/C12H23NO4/c1-2-3-4-5-6-7-16-9-11-12(14)10(13-15)8-17-11/h10-12,14H,2-9H2,1H3. The molecule has 1 N–H and O–H groups in total. The third-order valence-corrected chi connectivity index (χ3v) is 3.07. The molecule has 1 aliphatic heterocycles. The Balaban J connectivity index is 1.98. The Morgan fingerprint density at radius 2 is 2.12 bits per heavy atom. The van der Waals surface area contributed by atoms with Crippen LogP contribution in [-0.4, -0.2) is 43.2 Å². The highest BCUT2D eigenvalue weighted by Gasteiger charge is 2.36. The van der Waals surface area contributed by atoms with Gasteiger partial charge < -0.3 is 14.6 Å². The first-order valence-electron chi connectivity index (χ1n) is 6.49. The van der Waals surface area contributed by atoms with Crippen molar-refractivity contribution in [1.29, 1.82) is 0 Å². The summed E-state index contributed by atoms with van der Waals surface area (Å²) in [6.07, 6.45) is 4.78. The van der Waals surface area contributed by atoms with E-state index in [1.54, 1.807) is 0 Å². The van der Waals surface area contributed by atoms with Gasteiger partial charge in [-0.25, -0.2) is 0 Å². The maximum absolute atomic E-state index is 10.3. The molecule has 0 aromatic carbocycles. The van der Waals surface area contributed by atoms with Crippen molar-refractivity contribution >= 4 is 0 Å². The lowest BCUT2D eigenvalue weighted by molar-refractivity contribution is -0.0251. The number of aliphatic hydroxyl groups excluding tert-OH is 1. The van der Waals surface area contributed by atoms with Gasteiger partial charge in [0.2, 0.25) is 0 Å². The Hall–Kier alpha value is -0.520. The van der Waals surface area contributed by atoms with Crippen LogP contribution in [0.1, 0.15) is 39.0 Å². The Morgan fingerprint density at radius 1 is 1.35 bits per heavy atom. The summed E-state index contributed by atoms with van der Waals surface area (Å²) < 4.78 is 10.7. The van der Waals surface area contributed by atoms with E-state index in [-0.39, 0.29) is 6.61 Å². The van der Waals surface area contributed by atoms with Gasteiger partial charge in [0, 0.05) is 6.61 Å². The van der Waals surface area contributed by atoms with E-state index < -0.39 is 18.2 Å². The van der Waals surface area contributed by atoms with Crippen LogP contribution in [0.3, 0.4) is 0 Å². The van der Waals surface area contributed by atoms with Crippen LogP contribution in [0.5, 0.6) is 0 Å². The van der Waals surface area contributed by atoms with Gasteiger partial charge in [0.05, 0.1) is 13.2 Å². The Kier molecular flexibility index (Phi) is 7.32. The molecular weight excluding hydrogens is 222 g/mol. The number of rotatable bonds is 9. The van der Waals surface area contributed by atoms with Crippen LogP contribution in [0.25, 0.3) is 0 Å². The highest BCUT2D eigenvalue weighted by Crippen LogP contribution is 2.17. The van der Waals surface area contributed by atoms with Crippen molar-refractivity contribution in [2.75, 3.05) is 19.8 Å². The van der Waals surface area contributed by atoms with Gasteiger partial charge in [-0.2, -0.15) is 4.91 Å². The van der Waals surface area contributed by atoms with E-state index in [1.165, 1.54) is 25.7 Å². The summed E-state index contributed by atoms with van der Waals surface area (Å²) in [6.45, 7) is 3.43. The molecule has 0 aromatic rings. The van der Waals surface area contributed by atoms with Crippen LogP contribution >= 0.6 is 0 Å². The number of nitroso groups, excluding NO2 is 1. The fraction of sp³-hybridized carbons (Fsp3) is 1.00. The predicted molar refractivity (Wildman–Crippen MR) is 64.9 cm³/mol. The topological polar surface area (TPSA) is 68.1 Å². The molecule has 17 heavy (non-hydrogen) atoms. The van der Waals surface area contributed by atoms with Gasteiger partial charge in [0.25, 0.3) is 0 Å². The molecule has 1 rings (SSSR count). The molecule has 1 aliphatic rings. The third kappa shape index (κ3) is 5.10. The van der Waals surface area contributed by atoms with Gasteiger partial charge >= 0.3 is 0 Å². The lowest BCUT2D eigenvalue weighted by Crippen LogP contribution is -2.32. The summed E-state index contributed by atoms with van der Waals surface area (Å²) in [5.41, 5.74) is 0. The Morgan fingerprint density at radius 3 is 2.76 bits per heavy atom. The molecule has 3 unspecified atom stereocenters. The zero-order valence-electron chi connectivity index (χ0n) is 10.5. The van der Waals surface area contributed by atoms with Crippen molar-refractivity contribution in [2.45, 2.75) is 57.3 Å². The molecule has 0 spiro atoms. The molecule has 0 radical (unpaired) electrons. The molecule has 5 heteroatoms. The SMILES string of the molecule is CCCCCCCOCC1OCC(N=O)C1O. The molecule has 0 amide bonds. The van der Waals surface area contributed by atoms with Crippen LogP contribution in [0.2, 0.25) is 0 Å². The monoisotopic (exact) mass is 245 g/mol. The molecule has 1 heterocycles. The number of nitrogens with zero attached hydrogens (tertiary/aromatic N) is 1. The molecule has 1 fully saturated rings. The predicted octanol–water partition coefficient (Wildman–Crippen LogP) is 1.87. The van der Waals surface area contributed by atoms with Crippen molar-refractivity contribution < 1.29 is 14.6 Å². The zero-order chi connectivity index (χ0) is 12.5. The highest BCUT2D eigenvalue weighted by molar-refractivity contribution is 4.88. The van der Waals surface area contributed by atoms with Crippen LogP contribution in [0.15, 0.2) is 5.18 Å². The van der Waals surface area contributed by atoms with E-state index in [0.717, 1.165) is 6.42 Å². The van der Waals surface area contributed by atoms with Gasteiger partial charge in [-0.05, 0) is 6.42 Å². The third-order valence-electron chi connectivity index (χ3n) is 3.07. The normalized spacial score (nSPS) is 28.5. The second-order valence-electron chi connectivity index (χ2n) is 4.52. The molecule has 3 atom stereocenters. The number of hydrogen-bond donors (Lipinski definition) is 1. The first-order chi connectivity index (χ1) is 8.29. The number of aliphatic hydroxyl groups is 1. The van der Waals surface area contributed by atoms with Crippen molar-refractivity contribution in [1.82, 2.24) is 0 Å². The minimum absolute atomic E-state index is 0.204. The summed E-state index contributed by atoms with van der Waals surface area (Å²) in [7, 11) is 0. The zero-order valence-corrected chi connectivity index (χ0v) is 10.5. The number of hydrogen-bond acceptors (Lipinski definition) is 5. The number of unbranched alkanes of at least 4 members (excludes halogenated alkanes) is 4. The fourth-order valence-electron chi connectivity index (χ4n) is 1.91. The van der Waals surface area contributed by atoms with E-state index in [1.807, 2.05) is 0 Å². The Bertz CT molecular complexity index is 213. The minimum Gasteiger partial charge on any atom is -0.388 e. The summed E-state index contributed by atoms with van der Waals surface area (Å²) in [5, 5.41) is 12.4. The second-order valence-corrected chi connectivity index (χ2v) is 4.52. The highest BCUT2D eigenvalue weighted by atomic mass is 16.5. The van der Waals surface area contributed by atoms with Crippen LogP contribution < -0.4 is 0 Å². The lowest BCUT2D eigenvalue weighted by atomic mass is 10.1. The van der Waals surface area contributed by atoms with Gasteiger partial charge in [0.1, 0.15) is 18.2 Å². The van der Waals surface area contributed by atoms with Gasteiger partial charge in [0.15, 0.2) is 0 Å². The summed E-state index contributed by atoms with van der Waals surface area (Å²) in [4.78, 5) is 10.3. The van der Waals surface area contributed by atoms with Gasteiger partial charge in [-0.3, -0.25) is 0 Å². The first-order valence-corrected chi connectivity index (χ1v) is 6.49. The van der Waals surface area contributed by atoms with E-state index >= 15 is 0 Å².